The Morgan fingerprint density at radius 3 is 2.46 bits per heavy atom. The maximum absolute atomic E-state index is 12.3. The van der Waals surface area contributed by atoms with Crippen LogP contribution < -0.4 is 10.6 Å². The van der Waals surface area contributed by atoms with E-state index in [1.54, 1.807) is 24.3 Å². The SMILES string of the molecule is N#CCNC(=O)[C@H](CSCc1ccc(Cl)cc1)NC(=O)c1ccccc1. The van der Waals surface area contributed by atoms with Crippen molar-refractivity contribution in [2.75, 3.05) is 12.3 Å². The summed E-state index contributed by atoms with van der Waals surface area (Å²) < 4.78 is 0. The first-order valence-electron chi connectivity index (χ1n) is 7.93. The van der Waals surface area contributed by atoms with E-state index in [0.717, 1.165) is 5.56 Å². The van der Waals surface area contributed by atoms with E-state index in [1.807, 2.05) is 36.4 Å². The standard InChI is InChI=1S/C19H18ClN3O2S/c20-16-8-6-14(7-9-16)12-26-13-17(19(25)22-11-10-21)23-18(24)15-4-2-1-3-5-15/h1-9,17H,11-13H2,(H,22,25)(H,23,24)/t17-/m0/s1. The molecule has 1 atom stereocenters. The minimum atomic E-state index is -0.728. The van der Waals surface area contributed by atoms with Gasteiger partial charge in [-0.3, -0.25) is 9.59 Å². The Labute approximate surface area is 161 Å². The molecule has 2 amide bonds. The molecule has 2 aromatic rings. The van der Waals surface area contributed by atoms with E-state index in [1.165, 1.54) is 11.8 Å². The van der Waals surface area contributed by atoms with Gasteiger partial charge >= 0.3 is 0 Å². The average molecular weight is 388 g/mol. The van der Waals surface area contributed by atoms with Crippen LogP contribution in [0.4, 0.5) is 0 Å². The van der Waals surface area contributed by atoms with Gasteiger partial charge in [-0.15, -0.1) is 0 Å². The maximum atomic E-state index is 12.3. The molecule has 2 rings (SSSR count). The second-order valence-electron chi connectivity index (χ2n) is 5.41. The topological polar surface area (TPSA) is 82.0 Å². The molecule has 0 saturated carbocycles. The fourth-order valence-corrected chi connectivity index (χ4v) is 3.28. The Balaban J connectivity index is 1.96. The number of carbonyl (C=O) groups excluding carboxylic acids is 2. The molecule has 5 nitrogen and oxygen atoms in total. The van der Waals surface area contributed by atoms with Gasteiger partial charge in [-0.25, -0.2) is 0 Å². The molecular formula is C19H18ClN3O2S. The van der Waals surface area contributed by atoms with Crippen LogP contribution in [0.25, 0.3) is 0 Å². The number of rotatable bonds is 8. The van der Waals surface area contributed by atoms with Crippen molar-refractivity contribution in [3.8, 4) is 6.07 Å². The smallest absolute Gasteiger partial charge is 0.251 e. The van der Waals surface area contributed by atoms with Gasteiger partial charge in [-0.2, -0.15) is 17.0 Å². The molecule has 2 aromatic carbocycles. The van der Waals surface area contributed by atoms with E-state index in [2.05, 4.69) is 10.6 Å². The number of hydrogen-bond acceptors (Lipinski definition) is 4. The Kier molecular flexibility index (Phi) is 8.00. The van der Waals surface area contributed by atoms with Crippen LogP contribution in [-0.2, 0) is 10.5 Å². The van der Waals surface area contributed by atoms with Crippen molar-refractivity contribution in [1.82, 2.24) is 10.6 Å². The molecule has 0 radical (unpaired) electrons. The minimum absolute atomic E-state index is 0.0988. The molecule has 134 valence electrons. The normalized spacial score (nSPS) is 11.2. The third-order valence-corrected chi connectivity index (χ3v) is 4.82. The number of nitrogens with zero attached hydrogens (tertiary/aromatic N) is 1. The van der Waals surface area contributed by atoms with Crippen molar-refractivity contribution < 1.29 is 9.59 Å². The van der Waals surface area contributed by atoms with Crippen molar-refractivity contribution in [3.63, 3.8) is 0 Å². The van der Waals surface area contributed by atoms with E-state index in [9.17, 15) is 9.59 Å². The number of hydrogen-bond donors (Lipinski definition) is 2. The average Bonchev–Trinajstić information content (AvgIpc) is 2.67. The Hall–Kier alpha value is -2.49. The molecule has 7 heteroatoms. The monoisotopic (exact) mass is 387 g/mol. The second kappa shape index (κ2) is 10.5. The third kappa shape index (κ3) is 6.43. The van der Waals surface area contributed by atoms with E-state index >= 15 is 0 Å². The van der Waals surface area contributed by atoms with Crippen LogP contribution in [-0.4, -0.2) is 30.2 Å². The summed E-state index contributed by atoms with van der Waals surface area (Å²) in [7, 11) is 0. The zero-order valence-electron chi connectivity index (χ0n) is 13.9. The molecule has 0 aliphatic rings. The molecule has 0 bridgehead atoms. The number of nitrogens with one attached hydrogen (secondary N) is 2. The maximum Gasteiger partial charge on any atom is 0.251 e. The fourth-order valence-electron chi connectivity index (χ4n) is 2.14. The lowest BCUT2D eigenvalue weighted by molar-refractivity contribution is -0.122. The fraction of sp³-hybridized carbons (Fsp3) is 0.211. The number of halogens is 1. The molecule has 0 aromatic heterocycles. The molecule has 2 N–H and O–H groups in total. The highest BCUT2D eigenvalue weighted by Gasteiger charge is 2.21. The predicted molar refractivity (Wildman–Crippen MR) is 104 cm³/mol. The van der Waals surface area contributed by atoms with Crippen molar-refractivity contribution >= 4 is 35.2 Å². The quantitative estimate of drug-likeness (QED) is 0.682. The van der Waals surface area contributed by atoms with Crippen LogP contribution >= 0.6 is 23.4 Å². The van der Waals surface area contributed by atoms with Gasteiger partial charge in [0.05, 0.1) is 6.07 Å². The van der Waals surface area contributed by atoms with Crippen molar-refractivity contribution in [1.29, 1.82) is 5.26 Å². The zero-order chi connectivity index (χ0) is 18.8. The van der Waals surface area contributed by atoms with Gasteiger partial charge in [0.15, 0.2) is 0 Å². The van der Waals surface area contributed by atoms with Crippen molar-refractivity contribution in [2.45, 2.75) is 11.8 Å². The first-order chi connectivity index (χ1) is 12.6. The number of amides is 2. The van der Waals surface area contributed by atoms with Crippen LogP contribution in [0.2, 0.25) is 5.02 Å². The lowest BCUT2D eigenvalue weighted by Crippen LogP contribution is -2.48. The van der Waals surface area contributed by atoms with Crippen molar-refractivity contribution in [2.24, 2.45) is 0 Å². The summed E-state index contributed by atoms with van der Waals surface area (Å²) in [6.45, 7) is -0.0988. The van der Waals surface area contributed by atoms with Gasteiger partial charge in [0, 0.05) is 22.1 Å². The first kappa shape index (κ1) is 19.8. The largest absolute Gasteiger partial charge is 0.341 e. The lowest BCUT2D eigenvalue weighted by atomic mass is 10.2. The van der Waals surface area contributed by atoms with Gasteiger partial charge < -0.3 is 10.6 Å². The summed E-state index contributed by atoms with van der Waals surface area (Å²) in [5.74, 6) is 0.369. The number of nitriles is 1. The Morgan fingerprint density at radius 2 is 1.81 bits per heavy atom. The first-order valence-corrected chi connectivity index (χ1v) is 9.46. The van der Waals surface area contributed by atoms with E-state index in [0.29, 0.717) is 22.1 Å². The molecule has 0 saturated heterocycles. The molecule has 0 spiro atoms. The lowest BCUT2D eigenvalue weighted by Gasteiger charge is -2.17. The van der Waals surface area contributed by atoms with E-state index in [4.69, 9.17) is 16.9 Å². The van der Waals surface area contributed by atoms with E-state index in [-0.39, 0.29) is 18.4 Å². The van der Waals surface area contributed by atoms with Gasteiger partial charge in [0.25, 0.3) is 5.91 Å². The molecule has 0 aliphatic heterocycles. The predicted octanol–water partition coefficient (Wildman–Crippen LogP) is 3.01. The van der Waals surface area contributed by atoms with Crippen LogP contribution in [0.5, 0.6) is 0 Å². The van der Waals surface area contributed by atoms with Crippen LogP contribution in [0.1, 0.15) is 15.9 Å². The highest BCUT2D eigenvalue weighted by molar-refractivity contribution is 7.98. The summed E-state index contributed by atoms with van der Waals surface area (Å²) in [6, 6.07) is 17.3. The minimum Gasteiger partial charge on any atom is -0.341 e. The molecule has 0 unspecified atom stereocenters. The third-order valence-electron chi connectivity index (χ3n) is 3.47. The van der Waals surface area contributed by atoms with Gasteiger partial charge in [0.2, 0.25) is 5.91 Å². The molecule has 26 heavy (non-hydrogen) atoms. The second-order valence-corrected chi connectivity index (χ2v) is 6.88. The number of benzene rings is 2. The number of carbonyl (C=O) groups is 2. The molecule has 0 fully saturated rings. The van der Waals surface area contributed by atoms with Crippen LogP contribution in [0.15, 0.2) is 54.6 Å². The summed E-state index contributed by atoms with van der Waals surface area (Å²) in [5, 5.41) is 14.5. The van der Waals surface area contributed by atoms with Crippen molar-refractivity contribution in [3.05, 3.63) is 70.7 Å². The van der Waals surface area contributed by atoms with E-state index < -0.39 is 6.04 Å². The Morgan fingerprint density at radius 1 is 1.12 bits per heavy atom. The molecular weight excluding hydrogens is 370 g/mol. The zero-order valence-corrected chi connectivity index (χ0v) is 15.5. The van der Waals surface area contributed by atoms with Gasteiger partial charge in [0.1, 0.15) is 12.6 Å². The van der Waals surface area contributed by atoms with Crippen LogP contribution in [0.3, 0.4) is 0 Å². The van der Waals surface area contributed by atoms with Gasteiger partial charge in [-0.05, 0) is 29.8 Å². The summed E-state index contributed by atoms with van der Waals surface area (Å²) in [6.07, 6.45) is 0. The highest BCUT2D eigenvalue weighted by Crippen LogP contribution is 2.16. The van der Waals surface area contributed by atoms with Crippen LogP contribution in [0, 0.1) is 11.3 Å². The summed E-state index contributed by atoms with van der Waals surface area (Å²) >= 11 is 7.39. The summed E-state index contributed by atoms with van der Waals surface area (Å²) in [4.78, 5) is 24.6. The number of thioether (sulfide) groups is 1. The molecule has 0 heterocycles. The van der Waals surface area contributed by atoms with Gasteiger partial charge in [-0.1, -0.05) is 41.9 Å². The Bertz CT molecular complexity index is 776. The molecule has 0 aliphatic carbocycles. The summed E-state index contributed by atoms with van der Waals surface area (Å²) in [5.41, 5.74) is 1.55. The highest BCUT2D eigenvalue weighted by atomic mass is 35.5.